The van der Waals surface area contributed by atoms with E-state index in [0.29, 0.717) is 12.2 Å². The van der Waals surface area contributed by atoms with Crippen LogP contribution in [0.4, 0.5) is 4.39 Å². The molecule has 0 radical (unpaired) electrons. The van der Waals surface area contributed by atoms with Crippen molar-refractivity contribution in [3.63, 3.8) is 0 Å². The van der Waals surface area contributed by atoms with Crippen LogP contribution < -0.4 is 5.32 Å². The molecule has 0 saturated carbocycles. The van der Waals surface area contributed by atoms with Crippen molar-refractivity contribution >= 4 is 11.7 Å². The maximum atomic E-state index is 13.2. The van der Waals surface area contributed by atoms with Gasteiger partial charge in [-0.2, -0.15) is 0 Å². The van der Waals surface area contributed by atoms with Crippen LogP contribution in [0.3, 0.4) is 0 Å². The summed E-state index contributed by atoms with van der Waals surface area (Å²) >= 11 is 0. The number of carbonyl (C=O) groups excluding carboxylic acids is 2. The third kappa shape index (κ3) is 6.99. The summed E-state index contributed by atoms with van der Waals surface area (Å²) < 4.78 is 13.2. The van der Waals surface area contributed by atoms with E-state index in [1.165, 1.54) is 12.1 Å². The largest absolute Gasteiger partial charge is 0.346 e. The van der Waals surface area contributed by atoms with Gasteiger partial charge in [-0.05, 0) is 82.6 Å². The third-order valence-corrected chi connectivity index (χ3v) is 6.01. The predicted molar refractivity (Wildman–Crippen MR) is 119 cm³/mol. The second-order valence-electron chi connectivity index (χ2n) is 8.63. The van der Waals surface area contributed by atoms with Gasteiger partial charge in [-0.25, -0.2) is 9.37 Å². The number of imidazole rings is 1. The summed E-state index contributed by atoms with van der Waals surface area (Å²) in [7, 11) is 2.08. The van der Waals surface area contributed by atoms with Gasteiger partial charge in [0.25, 0.3) is 0 Å². The number of aromatic nitrogens is 2. The van der Waals surface area contributed by atoms with Gasteiger partial charge in [0.15, 0.2) is 0 Å². The molecule has 7 heteroatoms. The van der Waals surface area contributed by atoms with Gasteiger partial charge in [-0.1, -0.05) is 12.8 Å². The van der Waals surface area contributed by atoms with E-state index >= 15 is 0 Å². The van der Waals surface area contributed by atoms with Crippen molar-refractivity contribution in [1.29, 1.82) is 0 Å². The molecule has 1 aromatic carbocycles. The fourth-order valence-electron chi connectivity index (χ4n) is 4.03. The van der Waals surface area contributed by atoms with E-state index in [-0.39, 0.29) is 29.5 Å². The number of hydrogen-bond donors (Lipinski definition) is 2. The highest BCUT2D eigenvalue weighted by Gasteiger charge is 2.26. The summed E-state index contributed by atoms with van der Waals surface area (Å²) in [5.41, 5.74) is 1.65. The van der Waals surface area contributed by atoms with Gasteiger partial charge >= 0.3 is 0 Å². The monoisotopic (exact) mass is 428 g/mol. The molecule has 1 amide bonds. The smallest absolute Gasteiger partial charge is 0.223 e. The summed E-state index contributed by atoms with van der Waals surface area (Å²) in [6.07, 6.45) is 7.52. The quantitative estimate of drug-likeness (QED) is 0.555. The molecule has 31 heavy (non-hydrogen) atoms. The molecule has 0 bridgehead atoms. The highest BCUT2D eigenvalue weighted by Crippen LogP contribution is 2.24. The second-order valence-corrected chi connectivity index (χ2v) is 8.63. The SMILES string of the molecule is CC(=O)CCCCC[C@H](NC(=O)C1CCN(C)CC1)c1ncc(-c2ccc(F)cc2)[nH]1. The Morgan fingerprint density at radius 2 is 1.90 bits per heavy atom. The number of amides is 1. The van der Waals surface area contributed by atoms with Crippen molar-refractivity contribution in [1.82, 2.24) is 20.2 Å². The maximum absolute atomic E-state index is 13.2. The molecule has 1 aliphatic heterocycles. The van der Waals surface area contributed by atoms with Crippen LogP contribution in [-0.4, -0.2) is 46.7 Å². The third-order valence-electron chi connectivity index (χ3n) is 6.01. The number of nitrogens with one attached hydrogen (secondary N) is 2. The van der Waals surface area contributed by atoms with Crippen LogP contribution in [0.25, 0.3) is 11.3 Å². The van der Waals surface area contributed by atoms with Crippen LogP contribution in [-0.2, 0) is 9.59 Å². The van der Waals surface area contributed by atoms with Crippen LogP contribution in [0.2, 0.25) is 0 Å². The van der Waals surface area contributed by atoms with Gasteiger partial charge in [0, 0.05) is 12.3 Å². The van der Waals surface area contributed by atoms with E-state index in [1.807, 2.05) is 0 Å². The van der Waals surface area contributed by atoms with Gasteiger partial charge in [-0.15, -0.1) is 0 Å². The number of likely N-dealkylation sites (tertiary alicyclic amines) is 1. The molecule has 2 aromatic rings. The first-order chi connectivity index (χ1) is 14.9. The molecule has 2 heterocycles. The number of aromatic amines is 1. The number of carbonyl (C=O) groups is 2. The number of hydrogen-bond acceptors (Lipinski definition) is 4. The highest BCUT2D eigenvalue weighted by molar-refractivity contribution is 5.79. The van der Waals surface area contributed by atoms with E-state index in [0.717, 1.165) is 62.9 Å². The number of unbranched alkanes of at least 4 members (excludes halogenated alkanes) is 2. The lowest BCUT2D eigenvalue weighted by Crippen LogP contribution is -2.40. The number of H-pyrrole nitrogens is 1. The van der Waals surface area contributed by atoms with E-state index in [1.54, 1.807) is 25.3 Å². The molecule has 2 N–H and O–H groups in total. The highest BCUT2D eigenvalue weighted by atomic mass is 19.1. The number of benzene rings is 1. The summed E-state index contributed by atoms with van der Waals surface area (Å²) in [5, 5.41) is 3.21. The van der Waals surface area contributed by atoms with Crippen LogP contribution >= 0.6 is 0 Å². The first-order valence-electron chi connectivity index (χ1n) is 11.2. The molecule has 3 rings (SSSR count). The molecule has 1 fully saturated rings. The molecular weight excluding hydrogens is 395 g/mol. The van der Waals surface area contributed by atoms with Crippen LogP contribution in [0, 0.1) is 11.7 Å². The average Bonchev–Trinajstić information content (AvgIpc) is 3.23. The minimum absolute atomic E-state index is 0.0305. The standard InChI is InChI=1S/C24H33FN4O2/c1-17(30)6-4-3-5-7-21(28-24(31)19-12-14-29(2)15-13-19)23-26-16-22(27-23)18-8-10-20(25)11-9-18/h8-11,16,19,21H,3-7,12-15H2,1-2H3,(H,26,27)(H,28,31)/t21-/m0/s1. The first-order valence-corrected chi connectivity index (χ1v) is 11.2. The molecule has 1 atom stereocenters. The van der Waals surface area contributed by atoms with E-state index in [9.17, 15) is 14.0 Å². The van der Waals surface area contributed by atoms with Crippen LogP contribution in [0.1, 0.15) is 63.7 Å². The number of halogens is 1. The van der Waals surface area contributed by atoms with Crippen molar-refractivity contribution in [2.75, 3.05) is 20.1 Å². The zero-order chi connectivity index (χ0) is 22.2. The minimum atomic E-state index is -0.280. The van der Waals surface area contributed by atoms with E-state index in [4.69, 9.17) is 0 Å². The van der Waals surface area contributed by atoms with Crippen molar-refractivity contribution in [3.05, 3.63) is 42.1 Å². The molecular formula is C24H33FN4O2. The van der Waals surface area contributed by atoms with Crippen LogP contribution in [0.15, 0.2) is 30.5 Å². The Morgan fingerprint density at radius 1 is 1.19 bits per heavy atom. The van der Waals surface area contributed by atoms with Crippen LogP contribution in [0.5, 0.6) is 0 Å². The fraction of sp³-hybridized carbons (Fsp3) is 0.542. The Kier molecular flexibility index (Phi) is 8.35. The Bertz CT molecular complexity index is 857. The average molecular weight is 429 g/mol. The molecule has 1 aliphatic rings. The number of rotatable bonds is 10. The normalized spacial score (nSPS) is 16.2. The van der Waals surface area contributed by atoms with E-state index < -0.39 is 0 Å². The van der Waals surface area contributed by atoms with Crippen molar-refractivity contribution in [2.24, 2.45) is 5.92 Å². The Balaban J connectivity index is 1.66. The van der Waals surface area contributed by atoms with E-state index in [2.05, 4.69) is 27.2 Å². The van der Waals surface area contributed by atoms with Gasteiger partial charge in [0.2, 0.25) is 5.91 Å². The Morgan fingerprint density at radius 3 is 2.58 bits per heavy atom. The van der Waals surface area contributed by atoms with Crippen molar-refractivity contribution in [3.8, 4) is 11.3 Å². The zero-order valence-electron chi connectivity index (χ0n) is 18.5. The molecule has 0 aliphatic carbocycles. The summed E-state index contributed by atoms with van der Waals surface area (Å²) in [4.78, 5) is 34.2. The lowest BCUT2D eigenvalue weighted by atomic mass is 9.95. The topological polar surface area (TPSA) is 78.1 Å². The number of ketones is 1. The zero-order valence-corrected chi connectivity index (χ0v) is 18.5. The lowest BCUT2D eigenvalue weighted by molar-refractivity contribution is -0.127. The second kappa shape index (κ2) is 11.2. The van der Waals surface area contributed by atoms with Gasteiger partial charge < -0.3 is 20.0 Å². The van der Waals surface area contributed by atoms with Crippen molar-refractivity contribution in [2.45, 2.75) is 57.9 Å². The van der Waals surface area contributed by atoms with Gasteiger partial charge in [0.05, 0.1) is 17.9 Å². The first kappa shape index (κ1) is 23.1. The molecule has 1 aromatic heterocycles. The summed E-state index contributed by atoms with van der Waals surface area (Å²) in [6, 6.07) is 6.05. The Hall–Kier alpha value is -2.54. The van der Waals surface area contributed by atoms with Gasteiger partial charge in [-0.3, -0.25) is 4.79 Å². The minimum Gasteiger partial charge on any atom is -0.346 e. The predicted octanol–water partition coefficient (Wildman–Crippen LogP) is 4.25. The number of piperidine rings is 1. The Labute approximate surface area is 183 Å². The number of nitrogens with zero attached hydrogens (tertiary/aromatic N) is 2. The molecule has 0 spiro atoms. The molecule has 168 valence electrons. The lowest BCUT2D eigenvalue weighted by Gasteiger charge is -2.29. The molecule has 1 saturated heterocycles. The molecule has 6 nitrogen and oxygen atoms in total. The maximum Gasteiger partial charge on any atom is 0.223 e. The molecule has 0 unspecified atom stereocenters. The summed E-state index contributed by atoms with van der Waals surface area (Å²) in [6.45, 7) is 3.48. The number of Topliss-reactive ketones (excluding diaryl/α,β-unsaturated/α-hetero) is 1. The fourth-order valence-corrected chi connectivity index (χ4v) is 4.03. The van der Waals surface area contributed by atoms with Crippen molar-refractivity contribution < 1.29 is 14.0 Å². The van der Waals surface area contributed by atoms with Gasteiger partial charge in [0.1, 0.15) is 17.4 Å². The summed E-state index contributed by atoms with van der Waals surface area (Å²) in [5.74, 6) is 0.760.